The summed E-state index contributed by atoms with van der Waals surface area (Å²) in [5.41, 5.74) is 0.970. The van der Waals surface area contributed by atoms with Gasteiger partial charge in [0.05, 0.1) is 6.10 Å². The van der Waals surface area contributed by atoms with Crippen LogP contribution >= 0.6 is 0 Å². The number of aliphatic hydroxyl groups is 1. The number of aliphatic hydroxyl groups excluding tert-OH is 1. The van der Waals surface area contributed by atoms with Crippen LogP contribution in [0.2, 0.25) is 0 Å². The van der Waals surface area contributed by atoms with Gasteiger partial charge in [0.2, 0.25) is 0 Å². The summed E-state index contributed by atoms with van der Waals surface area (Å²) in [6.07, 6.45) is -0.341. The van der Waals surface area contributed by atoms with E-state index in [2.05, 4.69) is 0 Å². The second-order valence-corrected chi connectivity index (χ2v) is 3.24. The van der Waals surface area contributed by atoms with Gasteiger partial charge < -0.3 is 5.11 Å². The third-order valence-corrected chi connectivity index (χ3v) is 1.95. The summed E-state index contributed by atoms with van der Waals surface area (Å²) in [7, 11) is 0. The summed E-state index contributed by atoms with van der Waals surface area (Å²) in [4.78, 5) is 0. The van der Waals surface area contributed by atoms with Gasteiger partial charge in [-0.1, -0.05) is 66.7 Å². The molecule has 2 rings (SSSR count). The third kappa shape index (κ3) is 4.99. The van der Waals surface area contributed by atoms with Gasteiger partial charge in [0, 0.05) is 0 Å². The maximum absolute atomic E-state index is 9.02. The molecule has 0 fully saturated rings. The summed E-state index contributed by atoms with van der Waals surface area (Å²) in [6, 6.07) is 21.6. The monoisotopic (exact) mass is 200 g/mol. The van der Waals surface area contributed by atoms with Gasteiger partial charge in [-0.05, 0) is 12.5 Å². The SMILES string of the molecule is CC(O)c1ccccc1.c1ccccc1. The Hall–Kier alpha value is -1.60. The maximum Gasteiger partial charge on any atom is 0.0761 e. The average molecular weight is 200 g/mol. The van der Waals surface area contributed by atoms with E-state index in [0.29, 0.717) is 0 Å². The van der Waals surface area contributed by atoms with Crippen molar-refractivity contribution in [1.82, 2.24) is 0 Å². The van der Waals surface area contributed by atoms with Crippen LogP contribution in [-0.4, -0.2) is 5.11 Å². The lowest BCUT2D eigenvalue weighted by atomic mass is 10.1. The Morgan fingerprint density at radius 2 is 1.07 bits per heavy atom. The van der Waals surface area contributed by atoms with Crippen molar-refractivity contribution < 1.29 is 5.11 Å². The minimum absolute atomic E-state index is 0.341. The van der Waals surface area contributed by atoms with Crippen LogP contribution in [0.3, 0.4) is 0 Å². The predicted octanol–water partition coefficient (Wildman–Crippen LogP) is 3.43. The largest absolute Gasteiger partial charge is 0.389 e. The molecule has 0 aliphatic carbocycles. The number of hydrogen-bond acceptors (Lipinski definition) is 1. The van der Waals surface area contributed by atoms with Crippen molar-refractivity contribution in [2.75, 3.05) is 0 Å². The van der Waals surface area contributed by atoms with Gasteiger partial charge in [-0.25, -0.2) is 0 Å². The highest BCUT2D eigenvalue weighted by atomic mass is 16.3. The lowest BCUT2D eigenvalue weighted by molar-refractivity contribution is 0.199. The summed E-state index contributed by atoms with van der Waals surface area (Å²) in [5.74, 6) is 0. The molecule has 2 aromatic carbocycles. The summed E-state index contributed by atoms with van der Waals surface area (Å²) < 4.78 is 0. The molecule has 1 N–H and O–H groups in total. The summed E-state index contributed by atoms with van der Waals surface area (Å²) >= 11 is 0. The second-order valence-electron chi connectivity index (χ2n) is 3.24. The topological polar surface area (TPSA) is 20.2 Å². The first kappa shape index (κ1) is 11.5. The Balaban J connectivity index is 0.000000162. The standard InChI is InChI=1S/C8H10O.C6H6/c1-7(9)8-5-3-2-4-6-8;1-2-4-6-5-3-1/h2-7,9H,1H3;1-6H. The quantitative estimate of drug-likeness (QED) is 0.747. The fraction of sp³-hybridized carbons (Fsp3) is 0.143. The molecule has 2 aromatic rings. The van der Waals surface area contributed by atoms with Crippen molar-refractivity contribution in [3.8, 4) is 0 Å². The maximum atomic E-state index is 9.02. The molecular weight excluding hydrogens is 184 g/mol. The van der Waals surface area contributed by atoms with Gasteiger partial charge in [0.25, 0.3) is 0 Å². The average Bonchev–Trinajstić information content (AvgIpc) is 2.33. The van der Waals surface area contributed by atoms with Crippen LogP contribution < -0.4 is 0 Å². The molecule has 0 aliphatic heterocycles. The van der Waals surface area contributed by atoms with Gasteiger partial charge in [-0.2, -0.15) is 0 Å². The van der Waals surface area contributed by atoms with E-state index in [9.17, 15) is 0 Å². The predicted molar refractivity (Wildman–Crippen MR) is 63.5 cm³/mol. The third-order valence-electron chi connectivity index (χ3n) is 1.95. The highest BCUT2D eigenvalue weighted by molar-refractivity contribution is 5.16. The van der Waals surface area contributed by atoms with E-state index < -0.39 is 0 Å². The molecule has 0 spiro atoms. The second kappa shape index (κ2) is 6.80. The van der Waals surface area contributed by atoms with Crippen molar-refractivity contribution in [3.05, 3.63) is 72.3 Å². The highest BCUT2D eigenvalue weighted by Crippen LogP contribution is 2.09. The Bertz CT molecular complexity index is 314. The Kier molecular flexibility index (Phi) is 5.20. The molecule has 0 bridgehead atoms. The molecule has 0 radical (unpaired) electrons. The van der Waals surface area contributed by atoms with Crippen molar-refractivity contribution in [2.45, 2.75) is 13.0 Å². The van der Waals surface area contributed by atoms with Crippen LogP contribution in [-0.2, 0) is 0 Å². The molecule has 78 valence electrons. The molecule has 0 aromatic heterocycles. The Labute approximate surface area is 91.0 Å². The fourth-order valence-corrected chi connectivity index (χ4v) is 1.12. The first-order chi connectivity index (χ1) is 7.30. The van der Waals surface area contributed by atoms with Crippen molar-refractivity contribution >= 4 is 0 Å². The molecular formula is C14H16O. The molecule has 0 aliphatic rings. The van der Waals surface area contributed by atoms with Gasteiger partial charge in [0.15, 0.2) is 0 Å². The fourth-order valence-electron chi connectivity index (χ4n) is 1.12. The molecule has 0 amide bonds. The first-order valence-electron chi connectivity index (χ1n) is 5.03. The van der Waals surface area contributed by atoms with Crippen LogP contribution in [0.1, 0.15) is 18.6 Å². The van der Waals surface area contributed by atoms with Gasteiger partial charge in [0.1, 0.15) is 0 Å². The summed E-state index contributed by atoms with van der Waals surface area (Å²) in [6.45, 7) is 1.76. The lowest BCUT2D eigenvalue weighted by Crippen LogP contribution is -1.87. The van der Waals surface area contributed by atoms with E-state index in [0.717, 1.165) is 5.56 Å². The molecule has 0 saturated carbocycles. The molecule has 1 unspecified atom stereocenters. The minimum Gasteiger partial charge on any atom is -0.389 e. The number of rotatable bonds is 1. The molecule has 0 heterocycles. The number of benzene rings is 2. The van der Waals surface area contributed by atoms with E-state index in [-0.39, 0.29) is 6.10 Å². The van der Waals surface area contributed by atoms with E-state index >= 15 is 0 Å². The van der Waals surface area contributed by atoms with Gasteiger partial charge in [-0.15, -0.1) is 0 Å². The normalized spacial score (nSPS) is 11.1. The molecule has 15 heavy (non-hydrogen) atoms. The van der Waals surface area contributed by atoms with Gasteiger partial charge >= 0.3 is 0 Å². The zero-order valence-electron chi connectivity index (χ0n) is 8.88. The smallest absolute Gasteiger partial charge is 0.0761 e. The van der Waals surface area contributed by atoms with Crippen molar-refractivity contribution in [1.29, 1.82) is 0 Å². The van der Waals surface area contributed by atoms with Crippen LogP contribution in [0.25, 0.3) is 0 Å². The zero-order chi connectivity index (χ0) is 10.9. The van der Waals surface area contributed by atoms with Crippen LogP contribution in [0.4, 0.5) is 0 Å². The first-order valence-corrected chi connectivity index (χ1v) is 5.03. The Morgan fingerprint density at radius 1 is 0.733 bits per heavy atom. The van der Waals surface area contributed by atoms with Crippen LogP contribution in [0.5, 0.6) is 0 Å². The minimum atomic E-state index is -0.341. The number of hydrogen-bond donors (Lipinski definition) is 1. The van der Waals surface area contributed by atoms with Crippen molar-refractivity contribution in [3.63, 3.8) is 0 Å². The van der Waals surface area contributed by atoms with Crippen LogP contribution in [0, 0.1) is 0 Å². The molecule has 1 atom stereocenters. The molecule has 1 heteroatoms. The summed E-state index contributed by atoms with van der Waals surface area (Å²) in [5, 5.41) is 9.02. The van der Waals surface area contributed by atoms with Crippen molar-refractivity contribution in [2.24, 2.45) is 0 Å². The van der Waals surface area contributed by atoms with E-state index in [4.69, 9.17) is 5.11 Å². The lowest BCUT2D eigenvalue weighted by Gasteiger charge is -2.00. The highest BCUT2D eigenvalue weighted by Gasteiger charge is 1.95. The molecule has 0 saturated heterocycles. The molecule has 1 nitrogen and oxygen atoms in total. The van der Waals surface area contributed by atoms with E-state index in [1.807, 2.05) is 66.7 Å². The van der Waals surface area contributed by atoms with E-state index in [1.54, 1.807) is 6.92 Å². The Morgan fingerprint density at radius 3 is 1.33 bits per heavy atom. The zero-order valence-corrected chi connectivity index (χ0v) is 8.88. The van der Waals surface area contributed by atoms with Gasteiger partial charge in [-0.3, -0.25) is 0 Å². The van der Waals surface area contributed by atoms with Crippen LogP contribution in [0.15, 0.2) is 66.7 Å². The van der Waals surface area contributed by atoms with E-state index in [1.165, 1.54) is 0 Å².